The van der Waals surface area contributed by atoms with E-state index in [1.807, 2.05) is 18.2 Å². The molecule has 3 aromatic rings. The maximum atomic E-state index is 10.4. The van der Waals surface area contributed by atoms with E-state index in [1.54, 1.807) is 6.07 Å². The fraction of sp³-hybridized carbons (Fsp3) is 0.625. The lowest BCUT2D eigenvalue weighted by Crippen LogP contribution is -2.67. The van der Waals surface area contributed by atoms with E-state index < -0.39 is 0 Å². The van der Waals surface area contributed by atoms with Crippen LogP contribution < -0.4 is 5.32 Å². The van der Waals surface area contributed by atoms with Crippen LogP contribution in [0, 0.1) is 5.41 Å². The summed E-state index contributed by atoms with van der Waals surface area (Å²) in [6.45, 7) is 11.1. The molecule has 2 aromatic heterocycles. The van der Waals surface area contributed by atoms with Gasteiger partial charge in [-0.3, -0.25) is 14.7 Å². The summed E-state index contributed by atoms with van der Waals surface area (Å²) >= 11 is 0. The zero-order valence-corrected chi connectivity index (χ0v) is 23.8. The average molecular weight is 542 g/mol. The molecule has 0 amide bonds. The van der Waals surface area contributed by atoms with E-state index in [0.717, 1.165) is 47.3 Å². The molecule has 0 radical (unpaired) electrons. The number of hydrogen-bond donors (Lipinski definition) is 3. The van der Waals surface area contributed by atoms with Gasteiger partial charge in [-0.25, -0.2) is 0 Å². The van der Waals surface area contributed by atoms with E-state index in [0.29, 0.717) is 17.5 Å². The first kappa shape index (κ1) is 25.2. The highest BCUT2D eigenvalue weighted by Crippen LogP contribution is 2.47. The highest BCUT2D eigenvalue weighted by molar-refractivity contribution is 5.86. The number of para-hydroxylation sites is 1. The number of aromatic nitrogens is 3. The molecule has 2 saturated carbocycles. The van der Waals surface area contributed by atoms with Gasteiger partial charge in [0.05, 0.1) is 5.69 Å². The van der Waals surface area contributed by atoms with Gasteiger partial charge < -0.3 is 15.4 Å². The molecule has 8 rings (SSSR count). The summed E-state index contributed by atoms with van der Waals surface area (Å²) in [5.74, 6) is 0.246. The number of fused-ring (bicyclic) bond motifs is 3. The number of piperazine rings is 1. The number of hydrogen-bond acceptors (Lipinski definition) is 7. The van der Waals surface area contributed by atoms with Gasteiger partial charge in [-0.1, -0.05) is 12.1 Å². The maximum Gasteiger partial charge on any atom is 0.160 e. The standard InChI is InChI=1S/C32H43N7O/c1-21-30-26-16-28(25-4-2-3-5-29(25)40)35-36-31(26)34-27(30)10-11-39(21)23-8-6-22(7-9-23)37-12-14-38(15-13-37)24-17-32(18-24)19-33-20-32/h2-5,16,21-24,33,40H,6-15,17-20H2,1H3,(H,34,36)/t21-,22-,23-/m1/s1. The number of nitrogens with zero attached hydrogens (tertiary/aromatic N) is 5. The first-order valence-electron chi connectivity index (χ1n) is 15.7. The van der Waals surface area contributed by atoms with Crippen LogP contribution in [0.4, 0.5) is 0 Å². The number of aromatic hydroxyl groups is 1. The number of phenols is 1. The number of aromatic amines is 1. The molecule has 8 nitrogen and oxygen atoms in total. The molecule has 0 unspecified atom stereocenters. The summed E-state index contributed by atoms with van der Waals surface area (Å²) in [5.41, 5.74) is 5.69. The van der Waals surface area contributed by atoms with E-state index in [-0.39, 0.29) is 5.75 Å². The molecule has 212 valence electrons. The minimum Gasteiger partial charge on any atom is -0.507 e. The lowest BCUT2D eigenvalue weighted by atomic mass is 9.61. The quantitative estimate of drug-likeness (QED) is 0.462. The second-order valence-electron chi connectivity index (χ2n) is 13.4. The molecule has 5 heterocycles. The third kappa shape index (κ3) is 4.18. The third-order valence-electron chi connectivity index (χ3n) is 11.2. The van der Waals surface area contributed by atoms with Crippen LogP contribution in [-0.2, 0) is 6.42 Å². The Labute approximate surface area is 237 Å². The van der Waals surface area contributed by atoms with Crippen LogP contribution >= 0.6 is 0 Å². The molecule has 3 N–H and O–H groups in total. The van der Waals surface area contributed by atoms with Crippen LogP contribution in [0.25, 0.3) is 22.3 Å². The molecular formula is C32H43N7O. The first-order chi connectivity index (χ1) is 19.6. The molecule has 3 aliphatic heterocycles. The summed E-state index contributed by atoms with van der Waals surface area (Å²) in [5, 5.41) is 24.0. The normalized spacial score (nSPS) is 29.8. The van der Waals surface area contributed by atoms with Crippen molar-refractivity contribution in [3.8, 4) is 17.0 Å². The van der Waals surface area contributed by atoms with Gasteiger partial charge in [0.2, 0.25) is 0 Å². The Kier molecular flexibility index (Phi) is 6.17. The van der Waals surface area contributed by atoms with Crippen LogP contribution in [0.5, 0.6) is 5.75 Å². The Morgan fingerprint density at radius 1 is 0.875 bits per heavy atom. The SMILES string of the molecule is C[C@@H]1c2c([nH]c3nnc(-c4ccccc4O)cc23)CCN1[C@H]1CC[C@H](N2CCN(C3CC4(CNC4)C3)CC2)CC1. The average Bonchev–Trinajstić information content (AvgIpc) is 3.31. The Morgan fingerprint density at radius 2 is 1.57 bits per heavy atom. The van der Waals surface area contributed by atoms with Gasteiger partial charge in [-0.2, -0.15) is 0 Å². The van der Waals surface area contributed by atoms with Gasteiger partial charge in [0.25, 0.3) is 0 Å². The van der Waals surface area contributed by atoms with Crippen LogP contribution in [0.15, 0.2) is 30.3 Å². The van der Waals surface area contributed by atoms with Crippen molar-refractivity contribution in [1.82, 2.24) is 35.2 Å². The molecule has 40 heavy (non-hydrogen) atoms. The number of benzene rings is 1. The number of H-pyrrole nitrogens is 1. The lowest BCUT2D eigenvalue weighted by molar-refractivity contribution is -0.0569. The summed E-state index contributed by atoms with van der Waals surface area (Å²) in [7, 11) is 0. The lowest BCUT2D eigenvalue weighted by Gasteiger charge is -2.58. The van der Waals surface area contributed by atoms with Gasteiger partial charge in [0.15, 0.2) is 5.65 Å². The number of phenolic OH excluding ortho intramolecular Hbond substituents is 1. The smallest absolute Gasteiger partial charge is 0.160 e. The van der Waals surface area contributed by atoms with Gasteiger partial charge in [-0.05, 0) is 74.6 Å². The van der Waals surface area contributed by atoms with Gasteiger partial charge >= 0.3 is 0 Å². The summed E-state index contributed by atoms with van der Waals surface area (Å²) in [6, 6.07) is 12.1. The Bertz CT molecular complexity index is 1380. The highest BCUT2D eigenvalue weighted by atomic mass is 16.3. The molecule has 2 saturated heterocycles. The minimum atomic E-state index is 0.246. The third-order valence-corrected chi connectivity index (χ3v) is 11.2. The van der Waals surface area contributed by atoms with Crippen LogP contribution in [0.1, 0.15) is 62.7 Å². The van der Waals surface area contributed by atoms with Crippen molar-refractivity contribution < 1.29 is 5.11 Å². The van der Waals surface area contributed by atoms with E-state index in [9.17, 15) is 5.11 Å². The zero-order valence-electron chi connectivity index (χ0n) is 23.8. The topological polar surface area (TPSA) is 83.5 Å². The van der Waals surface area contributed by atoms with Crippen molar-refractivity contribution in [3.63, 3.8) is 0 Å². The monoisotopic (exact) mass is 541 g/mol. The molecule has 2 aliphatic carbocycles. The van der Waals surface area contributed by atoms with Crippen molar-refractivity contribution in [3.05, 3.63) is 41.6 Å². The minimum absolute atomic E-state index is 0.246. The Balaban J connectivity index is 0.910. The van der Waals surface area contributed by atoms with E-state index in [2.05, 4.69) is 48.2 Å². The van der Waals surface area contributed by atoms with Crippen molar-refractivity contribution in [2.75, 3.05) is 45.8 Å². The van der Waals surface area contributed by atoms with Gasteiger partial charge in [-0.15, -0.1) is 10.2 Å². The Morgan fingerprint density at radius 3 is 2.27 bits per heavy atom. The van der Waals surface area contributed by atoms with E-state index in [4.69, 9.17) is 0 Å². The fourth-order valence-corrected chi connectivity index (χ4v) is 8.85. The summed E-state index contributed by atoms with van der Waals surface area (Å²) in [4.78, 5) is 12.0. The van der Waals surface area contributed by atoms with E-state index >= 15 is 0 Å². The number of rotatable bonds is 4. The van der Waals surface area contributed by atoms with Gasteiger partial charge in [0, 0.05) is 93.0 Å². The fourth-order valence-electron chi connectivity index (χ4n) is 8.85. The van der Waals surface area contributed by atoms with Crippen molar-refractivity contribution in [2.45, 2.75) is 76.0 Å². The zero-order chi connectivity index (χ0) is 26.8. The number of nitrogens with one attached hydrogen (secondary N) is 2. The van der Waals surface area contributed by atoms with Crippen LogP contribution in [0.2, 0.25) is 0 Å². The predicted molar refractivity (Wildman–Crippen MR) is 157 cm³/mol. The summed E-state index contributed by atoms with van der Waals surface area (Å²) in [6.07, 6.45) is 9.15. The second-order valence-corrected chi connectivity index (χ2v) is 13.4. The predicted octanol–water partition coefficient (Wildman–Crippen LogP) is 3.93. The van der Waals surface area contributed by atoms with Crippen LogP contribution in [-0.4, -0.2) is 98.9 Å². The van der Waals surface area contributed by atoms with Crippen molar-refractivity contribution >= 4 is 11.0 Å². The molecule has 0 bridgehead atoms. The molecule has 1 atom stereocenters. The molecule has 8 heteroatoms. The van der Waals surface area contributed by atoms with Crippen LogP contribution in [0.3, 0.4) is 0 Å². The highest BCUT2D eigenvalue weighted by Gasteiger charge is 2.50. The molecule has 5 aliphatic rings. The molecule has 4 fully saturated rings. The molecular weight excluding hydrogens is 498 g/mol. The maximum absolute atomic E-state index is 10.4. The van der Waals surface area contributed by atoms with Crippen molar-refractivity contribution in [1.29, 1.82) is 0 Å². The second kappa shape index (κ2) is 9.79. The molecule has 1 aromatic carbocycles. The largest absolute Gasteiger partial charge is 0.507 e. The Hall–Kier alpha value is -2.52. The van der Waals surface area contributed by atoms with E-state index in [1.165, 1.54) is 89.1 Å². The van der Waals surface area contributed by atoms with Crippen molar-refractivity contribution in [2.24, 2.45) is 5.41 Å². The first-order valence-corrected chi connectivity index (χ1v) is 15.7. The summed E-state index contributed by atoms with van der Waals surface area (Å²) < 4.78 is 0. The molecule has 1 spiro atoms. The van der Waals surface area contributed by atoms with Gasteiger partial charge in [0.1, 0.15) is 5.75 Å².